The Balaban J connectivity index is 1.28. The van der Waals surface area contributed by atoms with E-state index in [-0.39, 0.29) is 10.8 Å². The zero-order valence-electron chi connectivity index (χ0n) is 16.9. The molecule has 6 fully saturated rings. The predicted octanol–water partition coefficient (Wildman–Crippen LogP) is 3.16. The highest BCUT2D eigenvalue weighted by Gasteiger charge is 2.78. The molecule has 1 N–H and O–H groups in total. The Morgan fingerprint density at radius 1 is 0.929 bits per heavy atom. The van der Waals surface area contributed by atoms with Gasteiger partial charge in [-0.3, -0.25) is 0 Å². The van der Waals surface area contributed by atoms with Gasteiger partial charge in [0.2, 0.25) is 0 Å². The Labute approximate surface area is 166 Å². The molecule has 0 radical (unpaired) electrons. The summed E-state index contributed by atoms with van der Waals surface area (Å²) in [7, 11) is 0. The van der Waals surface area contributed by atoms with Crippen LogP contribution in [-0.4, -0.2) is 48.7 Å². The summed E-state index contributed by atoms with van der Waals surface area (Å²) >= 11 is 0. The number of fused-ring (bicyclic) bond motifs is 3. The highest BCUT2D eigenvalue weighted by molar-refractivity contribution is 5.37. The maximum atomic E-state index is 11.9. The molecule has 0 bridgehead atoms. The van der Waals surface area contributed by atoms with Crippen LogP contribution in [0.4, 0.5) is 0 Å². The first-order valence-electron chi connectivity index (χ1n) is 11.4. The van der Waals surface area contributed by atoms with Gasteiger partial charge in [-0.15, -0.1) is 0 Å². The van der Waals surface area contributed by atoms with E-state index in [4.69, 9.17) is 18.9 Å². The molecule has 4 saturated carbocycles. The van der Waals surface area contributed by atoms with E-state index in [1.807, 2.05) is 0 Å². The molecule has 0 aromatic carbocycles. The molecule has 5 heteroatoms. The maximum absolute atomic E-state index is 11.9. The van der Waals surface area contributed by atoms with E-state index in [1.165, 1.54) is 18.4 Å². The van der Waals surface area contributed by atoms with Gasteiger partial charge in [0.1, 0.15) is 0 Å². The van der Waals surface area contributed by atoms with Gasteiger partial charge in [0, 0.05) is 29.6 Å². The summed E-state index contributed by atoms with van der Waals surface area (Å²) in [5.74, 6) is 0.672. The average molecular weight is 389 g/mol. The monoisotopic (exact) mass is 388 g/mol. The van der Waals surface area contributed by atoms with Gasteiger partial charge in [0.15, 0.2) is 11.6 Å². The van der Waals surface area contributed by atoms with Crippen LogP contribution in [0.3, 0.4) is 0 Å². The van der Waals surface area contributed by atoms with E-state index in [2.05, 4.69) is 13.0 Å². The van der Waals surface area contributed by atoms with Gasteiger partial charge in [-0.25, -0.2) is 0 Å². The van der Waals surface area contributed by atoms with Gasteiger partial charge < -0.3 is 24.1 Å². The molecule has 154 valence electrons. The van der Waals surface area contributed by atoms with Crippen molar-refractivity contribution in [1.82, 2.24) is 0 Å². The average Bonchev–Trinajstić information content (AvgIpc) is 3.37. The summed E-state index contributed by atoms with van der Waals surface area (Å²) < 4.78 is 24.5. The molecule has 2 heterocycles. The second-order valence-electron chi connectivity index (χ2n) is 11.0. The molecule has 3 spiro atoms. The van der Waals surface area contributed by atoms with Gasteiger partial charge in [0.05, 0.1) is 32.0 Å². The van der Waals surface area contributed by atoms with E-state index < -0.39 is 17.2 Å². The minimum absolute atomic E-state index is 0.0597. The smallest absolute Gasteiger partial charge is 0.188 e. The summed E-state index contributed by atoms with van der Waals surface area (Å²) in [5.41, 5.74) is 1.09. The Morgan fingerprint density at radius 3 is 2.46 bits per heavy atom. The van der Waals surface area contributed by atoms with E-state index in [9.17, 15) is 5.11 Å². The third-order valence-electron chi connectivity index (χ3n) is 10.1. The van der Waals surface area contributed by atoms with Crippen molar-refractivity contribution in [2.75, 3.05) is 26.4 Å². The standard InChI is InChI=1S/C23H32O5/c1-19-13-21(24)14-20-6-7-22(25-8-9-26-22)12-15(20)2-3-16(18(20)21)17(19)4-5-23(19)27-10-11-28-23/h12,16-18,24H,2-11,13-14H2,1H3/t16-,17-,18-,19-,20+,21-/m0/s1. The minimum Gasteiger partial charge on any atom is -0.389 e. The first-order chi connectivity index (χ1) is 13.4. The first-order valence-corrected chi connectivity index (χ1v) is 11.4. The molecule has 0 aromatic rings. The van der Waals surface area contributed by atoms with Crippen molar-refractivity contribution >= 4 is 0 Å². The van der Waals surface area contributed by atoms with Gasteiger partial charge in [-0.1, -0.05) is 12.5 Å². The Hall–Kier alpha value is -0.460. The molecule has 6 atom stereocenters. The van der Waals surface area contributed by atoms with Crippen molar-refractivity contribution in [3.8, 4) is 0 Å². The van der Waals surface area contributed by atoms with Crippen LogP contribution in [-0.2, 0) is 18.9 Å². The molecule has 0 unspecified atom stereocenters. The second kappa shape index (κ2) is 5.05. The van der Waals surface area contributed by atoms with E-state index in [0.717, 1.165) is 38.5 Å². The molecule has 2 saturated heterocycles. The van der Waals surface area contributed by atoms with Crippen molar-refractivity contribution in [2.45, 2.75) is 75.5 Å². The quantitative estimate of drug-likeness (QED) is 0.646. The fourth-order valence-electron chi connectivity index (χ4n) is 9.42. The van der Waals surface area contributed by atoms with Crippen molar-refractivity contribution in [2.24, 2.45) is 28.6 Å². The van der Waals surface area contributed by atoms with E-state index in [1.54, 1.807) is 0 Å². The number of hydrogen-bond donors (Lipinski definition) is 1. The minimum atomic E-state index is -0.566. The van der Waals surface area contributed by atoms with Gasteiger partial charge in [0.25, 0.3) is 0 Å². The Morgan fingerprint density at radius 2 is 1.68 bits per heavy atom. The predicted molar refractivity (Wildman–Crippen MR) is 100 cm³/mol. The normalized spacial score (nSPS) is 54.8. The van der Waals surface area contributed by atoms with Crippen molar-refractivity contribution in [1.29, 1.82) is 0 Å². The SMILES string of the molecule is C[C@]12C[C@]3(O)C[C@]45CCC6(C=C4CC[C@H]([C@H]35)[C@@H]1CCC21OCCO1)OCCO6. The van der Waals surface area contributed by atoms with Gasteiger partial charge in [-0.05, 0) is 56.4 Å². The first kappa shape index (κ1) is 17.2. The highest BCUT2D eigenvalue weighted by atomic mass is 16.7. The number of aliphatic hydroxyl groups is 1. The molecular formula is C23H32O5. The van der Waals surface area contributed by atoms with Crippen LogP contribution in [0.15, 0.2) is 11.6 Å². The zero-order valence-corrected chi connectivity index (χ0v) is 16.9. The molecule has 7 rings (SSSR count). The highest BCUT2D eigenvalue weighted by Crippen LogP contribution is 2.78. The lowest BCUT2D eigenvalue weighted by atomic mass is 9.33. The van der Waals surface area contributed by atoms with Crippen molar-refractivity contribution in [3.63, 3.8) is 0 Å². The lowest BCUT2D eigenvalue weighted by molar-refractivity contribution is -0.320. The molecule has 7 aliphatic rings. The van der Waals surface area contributed by atoms with Crippen LogP contribution < -0.4 is 0 Å². The molecule has 0 amide bonds. The van der Waals surface area contributed by atoms with Crippen LogP contribution in [0.1, 0.15) is 58.3 Å². The summed E-state index contributed by atoms with van der Waals surface area (Å²) in [5, 5.41) is 11.9. The van der Waals surface area contributed by atoms with Crippen LogP contribution in [0.5, 0.6) is 0 Å². The molecule has 5 nitrogen and oxygen atoms in total. The third-order valence-corrected chi connectivity index (χ3v) is 10.1. The van der Waals surface area contributed by atoms with E-state index in [0.29, 0.717) is 44.2 Å². The summed E-state index contributed by atoms with van der Waals surface area (Å²) in [6.45, 7) is 5.17. The van der Waals surface area contributed by atoms with E-state index >= 15 is 0 Å². The Bertz CT molecular complexity index is 750. The summed E-state index contributed by atoms with van der Waals surface area (Å²) in [4.78, 5) is 0. The molecular weight excluding hydrogens is 356 g/mol. The third kappa shape index (κ3) is 1.76. The maximum Gasteiger partial charge on any atom is 0.188 e. The lowest BCUT2D eigenvalue weighted by Crippen LogP contribution is -2.74. The van der Waals surface area contributed by atoms with Crippen LogP contribution >= 0.6 is 0 Å². The van der Waals surface area contributed by atoms with Gasteiger partial charge in [-0.2, -0.15) is 0 Å². The Kier molecular flexibility index (Phi) is 3.11. The van der Waals surface area contributed by atoms with Crippen molar-refractivity contribution in [3.05, 3.63) is 11.6 Å². The summed E-state index contributed by atoms with van der Waals surface area (Å²) in [6, 6.07) is 0. The van der Waals surface area contributed by atoms with Crippen LogP contribution in [0, 0.1) is 28.6 Å². The van der Waals surface area contributed by atoms with Crippen LogP contribution in [0.2, 0.25) is 0 Å². The fourth-order valence-corrected chi connectivity index (χ4v) is 9.42. The topological polar surface area (TPSA) is 57.2 Å². The van der Waals surface area contributed by atoms with Crippen molar-refractivity contribution < 1.29 is 24.1 Å². The lowest BCUT2D eigenvalue weighted by Gasteiger charge is -2.73. The number of rotatable bonds is 0. The molecule has 5 aliphatic carbocycles. The molecule has 28 heavy (non-hydrogen) atoms. The van der Waals surface area contributed by atoms with Crippen LogP contribution in [0.25, 0.3) is 0 Å². The molecule has 2 aliphatic heterocycles. The number of hydrogen-bond acceptors (Lipinski definition) is 5. The second-order valence-corrected chi connectivity index (χ2v) is 11.0. The largest absolute Gasteiger partial charge is 0.389 e. The fraction of sp³-hybridized carbons (Fsp3) is 0.913. The summed E-state index contributed by atoms with van der Waals surface area (Å²) in [6.07, 6.45) is 10.6. The number of allylic oxidation sites excluding steroid dienone is 1. The number of ether oxygens (including phenoxy) is 4. The zero-order chi connectivity index (χ0) is 18.8. The molecule has 0 aromatic heterocycles. The van der Waals surface area contributed by atoms with Gasteiger partial charge >= 0.3 is 0 Å².